The van der Waals surface area contributed by atoms with Crippen molar-refractivity contribution in [3.8, 4) is 0 Å². The predicted molar refractivity (Wildman–Crippen MR) is 82.4 cm³/mol. The molecule has 2 fully saturated rings. The van der Waals surface area contributed by atoms with Crippen molar-refractivity contribution >= 4 is 18.2 Å². The number of nitrogens with one attached hydrogen (secondary N) is 1. The zero-order valence-electron chi connectivity index (χ0n) is 12.4. The second-order valence-electron chi connectivity index (χ2n) is 5.85. The summed E-state index contributed by atoms with van der Waals surface area (Å²) in [4.78, 5) is 23.7. The lowest BCUT2D eigenvalue weighted by atomic mass is 9.95. The number of hydrogen-bond donors (Lipinski definition) is 1. The van der Waals surface area contributed by atoms with Crippen LogP contribution in [0.4, 0.5) is 11.8 Å². The lowest BCUT2D eigenvalue weighted by molar-refractivity contribution is -0.118. The summed E-state index contributed by atoms with van der Waals surface area (Å²) in [6.07, 6.45) is 9.17. The van der Waals surface area contributed by atoms with Crippen molar-refractivity contribution in [2.45, 2.75) is 38.1 Å². The Morgan fingerprint density at radius 2 is 1.90 bits per heavy atom. The van der Waals surface area contributed by atoms with Crippen LogP contribution in [0.5, 0.6) is 0 Å². The summed E-state index contributed by atoms with van der Waals surface area (Å²) in [5, 5.41) is 3.54. The standard InChI is InChI=1S/C15H23N5O/c21-12-19-8-10-20(11-9-19)15-16-7-6-14(18-15)17-13-4-2-1-3-5-13/h6-7,12-13H,1-5,8-11H2,(H,16,17,18). The number of aromatic nitrogens is 2. The van der Waals surface area contributed by atoms with Crippen LogP contribution in [0.2, 0.25) is 0 Å². The Hall–Kier alpha value is -1.85. The SMILES string of the molecule is O=CN1CCN(c2nccc(NC3CCCCC3)n2)CC1. The third-order valence-electron chi connectivity index (χ3n) is 4.35. The number of piperazine rings is 1. The van der Waals surface area contributed by atoms with Gasteiger partial charge in [0.15, 0.2) is 0 Å². The fraction of sp³-hybridized carbons (Fsp3) is 0.667. The Bertz CT molecular complexity index is 467. The first kappa shape index (κ1) is 14.1. The van der Waals surface area contributed by atoms with E-state index in [0.29, 0.717) is 6.04 Å². The van der Waals surface area contributed by atoms with Crippen molar-refractivity contribution in [2.24, 2.45) is 0 Å². The Morgan fingerprint density at radius 1 is 1.14 bits per heavy atom. The zero-order chi connectivity index (χ0) is 14.5. The predicted octanol–water partition coefficient (Wildman–Crippen LogP) is 1.50. The van der Waals surface area contributed by atoms with Gasteiger partial charge in [-0.2, -0.15) is 4.98 Å². The Kier molecular flexibility index (Phi) is 4.52. The van der Waals surface area contributed by atoms with Gasteiger partial charge in [0.05, 0.1) is 0 Å². The average molecular weight is 289 g/mol. The Balaban J connectivity index is 1.61. The molecule has 1 aliphatic heterocycles. The summed E-state index contributed by atoms with van der Waals surface area (Å²) in [6, 6.07) is 2.49. The van der Waals surface area contributed by atoms with Crippen LogP contribution in [0.3, 0.4) is 0 Å². The van der Waals surface area contributed by atoms with Crippen LogP contribution in [-0.2, 0) is 4.79 Å². The molecule has 1 saturated heterocycles. The molecule has 2 aliphatic rings. The van der Waals surface area contributed by atoms with Crippen LogP contribution in [0, 0.1) is 0 Å². The van der Waals surface area contributed by atoms with E-state index in [1.807, 2.05) is 12.3 Å². The second-order valence-corrected chi connectivity index (χ2v) is 5.85. The van der Waals surface area contributed by atoms with Gasteiger partial charge in [-0.1, -0.05) is 19.3 Å². The first-order chi connectivity index (χ1) is 10.3. The minimum atomic E-state index is 0.549. The van der Waals surface area contributed by atoms with Crippen LogP contribution >= 0.6 is 0 Å². The molecule has 0 radical (unpaired) electrons. The number of hydrogen-bond acceptors (Lipinski definition) is 5. The van der Waals surface area contributed by atoms with E-state index in [4.69, 9.17) is 0 Å². The normalized spacial score (nSPS) is 20.4. The number of amides is 1. The Labute approximate surface area is 125 Å². The Morgan fingerprint density at radius 3 is 2.62 bits per heavy atom. The van der Waals surface area contributed by atoms with Gasteiger partial charge >= 0.3 is 0 Å². The van der Waals surface area contributed by atoms with E-state index in [9.17, 15) is 4.79 Å². The van der Waals surface area contributed by atoms with E-state index < -0.39 is 0 Å². The first-order valence-electron chi connectivity index (χ1n) is 7.89. The van der Waals surface area contributed by atoms with Gasteiger partial charge in [0.25, 0.3) is 0 Å². The van der Waals surface area contributed by atoms with E-state index in [-0.39, 0.29) is 0 Å². The highest BCUT2D eigenvalue weighted by atomic mass is 16.1. The van der Waals surface area contributed by atoms with Crippen LogP contribution in [0.25, 0.3) is 0 Å². The molecule has 0 bridgehead atoms. The molecule has 1 amide bonds. The van der Waals surface area contributed by atoms with E-state index in [1.54, 1.807) is 4.90 Å². The second kappa shape index (κ2) is 6.74. The molecule has 1 aromatic rings. The van der Waals surface area contributed by atoms with Crippen molar-refractivity contribution in [3.05, 3.63) is 12.3 Å². The molecule has 1 N–H and O–H groups in total. The van der Waals surface area contributed by atoms with E-state index in [0.717, 1.165) is 44.4 Å². The first-order valence-corrected chi connectivity index (χ1v) is 7.89. The maximum atomic E-state index is 10.7. The quantitative estimate of drug-likeness (QED) is 0.851. The van der Waals surface area contributed by atoms with Crippen molar-refractivity contribution in [2.75, 3.05) is 36.4 Å². The molecule has 0 aromatic carbocycles. The third-order valence-corrected chi connectivity index (χ3v) is 4.35. The molecule has 0 atom stereocenters. The summed E-state index contributed by atoms with van der Waals surface area (Å²) in [7, 11) is 0. The fourth-order valence-electron chi connectivity index (χ4n) is 3.06. The highest BCUT2D eigenvalue weighted by Crippen LogP contribution is 2.21. The van der Waals surface area contributed by atoms with E-state index in [1.165, 1.54) is 32.1 Å². The lowest BCUT2D eigenvalue weighted by Crippen LogP contribution is -2.46. The van der Waals surface area contributed by atoms with Gasteiger partial charge in [0.1, 0.15) is 5.82 Å². The maximum Gasteiger partial charge on any atom is 0.227 e. The minimum Gasteiger partial charge on any atom is -0.367 e. The summed E-state index contributed by atoms with van der Waals surface area (Å²) < 4.78 is 0. The molecule has 1 aromatic heterocycles. The topological polar surface area (TPSA) is 61.4 Å². The lowest BCUT2D eigenvalue weighted by Gasteiger charge is -2.32. The van der Waals surface area contributed by atoms with Crippen LogP contribution < -0.4 is 10.2 Å². The molecule has 6 nitrogen and oxygen atoms in total. The van der Waals surface area contributed by atoms with Gasteiger partial charge in [-0.25, -0.2) is 4.98 Å². The molecule has 114 valence electrons. The number of anilines is 2. The number of carbonyl (C=O) groups is 1. The molecule has 1 saturated carbocycles. The van der Waals surface area contributed by atoms with Crippen LogP contribution in [-0.4, -0.2) is 53.5 Å². The molecular formula is C15H23N5O. The van der Waals surface area contributed by atoms with Gasteiger partial charge in [-0.15, -0.1) is 0 Å². The molecule has 6 heteroatoms. The fourth-order valence-corrected chi connectivity index (χ4v) is 3.06. The largest absolute Gasteiger partial charge is 0.367 e. The highest BCUT2D eigenvalue weighted by Gasteiger charge is 2.19. The molecule has 2 heterocycles. The van der Waals surface area contributed by atoms with Crippen molar-refractivity contribution in [1.29, 1.82) is 0 Å². The summed E-state index contributed by atoms with van der Waals surface area (Å²) in [5.41, 5.74) is 0. The van der Waals surface area contributed by atoms with Crippen molar-refractivity contribution in [3.63, 3.8) is 0 Å². The van der Waals surface area contributed by atoms with Gasteiger partial charge in [-0.05, 0) is 18.9 Å². The molecular weight excluding hydrogens is 266 g/mol. The van der Waals surface area contributed by atoms with Crippen molar-refractivity contribution < 1.29 is 4.79 Å². The molecule has 1 aliphatic carbocycles. The molecule has 0 spiro atoms. The summed E-state index contributed by atoms with van der Waals surface area (Å²) >= 11 is 0. The zero-order valence-corrected chi connectivity index (χ0v) is 12.4. The molecule has 21 heavy (non-hydrogen) atoms. The monoisotopic (exact) mass is 289 g/mol. The summed E-state index contributed by atoms with van der Waals surface area (Å²) in [5.74, 6) is 1.69. The van der Waals surface area contributed by atoms with Gasteiger partial charge < -0.3 is 15.1 Å². The van der Waals surface area contributed by atoms with Crippen molar-refractivity contribution in [1.82, 2.24) is 14.9 Å². The minimum absolute atomic E-state index is 0.549. The third kappa shape index (κ3) is 3.62. The maximum absolute atomic E-state index is 10.7. The molecule has 3 rings (SSSR count). The number of nitrogens with zero attached hydrogens (tertiary/aromatic N) is 4. The van der Waals surface area contributed by atoms with E-state index >= 15 is 0 Å². The van der Waals surface area contributed by atoms with Gasteiger partial charge in [0.2, 0.25) is 12.4 Å². The van der Waals surface area contributed by atoms with Gasteiger partial charge in [-0.3, -0.25) is 4.79 Å². The summed E-state index contributed by atoms with van der Waals surface area (Å²) in [6.45, 7) is 3.08. The van der Waals surface area contributed by atoms with Crippen LogP contribution in [0.1, 0.15) is 32.1 Å². The molecule has 0 unspecified atom stereocenters. The van der Waals surface area contributed by atoms with Gasteiger partial charge in [0, 0.05) is 38.4 Å². The van der Waals surface area contributed by atoms with Crippen LogP contribution in [0.15, 0.2) is 12.3 Å². The highest BCUT2D eigenvalue weighted by molar-refractivity contribution is 5.49. The number of rotatable bonds is 4. The smallest absolute Gasteiger partial charge is 0.227 e. The number of carbonyl (C=O) groups excluding carboxylic acids is 1. The van der Waals surface area contributed by atoms with E-state index in [2.05, 4.69) is 20.2 Å². The average Bonchev–Trinajstić information content (AvgIpc) is 2.56.